The minimum Gasteiger partial charge on any atom is -0.869 e. The number of ether oxygens (including phenoxy) is 2. The lowest BCUT2D eigenvalue weighted by molar-refractivity contribution is -0.269. The Kier molecular flexibility index (Phi) is 5.05. The lowest BCUT2D eigenvalue weighted by atomic mass is 10.1. The number of para-hydroxylation sites is 1. The number of allylic oxidation sites excluding steroid dienone is 1. The molecular weight excluding hydrogens is 374 g/mol. The average molecular weight is 387 g/mol. The fourth-order valence-corrected chi connectivity index (χ4v) is 2.66. The van der Waals surface area contributed by atoms with Crippen LogP contribution >= 0.6 is 11.6 Å². The number of methoxy groups -OCH3 is 1. The Balaban J connectivity index is 1.96. The average Bonchev–Trinajstić information content (AvgIpc) is 2.94. The summed E-state index contributed by atoms with van der Waals surface area (Å²) in [4.78, 5) is 24.0. The summed E-state index contributed by atoms with van der Waals surface area (Å²) in [5.74, 6) is -3.13. The second-order valence-electron chi connectivity index (χ2n) is 5.47. The molecule has 0 aliphatic carbocycles. The SMILES string of the molecule is COc1cc(/C=C2\OC(Nc3ccccc3)=C(C(=O)O)C2=O)cc(Cl)c1[O-]. The van der Waals surface area contributed by atoms with E-state index in [2.05, 4.69) is 5.32 Å². The van der Waals surface area contributed by atoms with Gasteiger partial charge in [-0.2, -0.15) is 0 Å². The topological polar surface area (TPSA) is 108 Å². The van der Waals surface area contributed by atoms with Crippen molar-refractivity contribution in [1.29, 1.82) is 0 Å². The molecule has 0 saturated carbocycles. The summed E-state index contributed by atoms with van der Waals surface area (Å²) in [5.41, 5.74) is 0.384. The van der Waals surface area contributed by atoms with E-state index in [0.717, 1.165) is 0 Å². The van der Waals surface area contributed by atoms with E-state index in [4.69, 9.17) is 21.1 Å². The molecule has 2 aromatic rings. The van der Waals surface area contributed by atoms with Gasteiger partial charge in [-0.15, -0.1) is 0 Å². The summed E-state index contributed by atoms with van der Waals surface area (Å²) in [5, 5.41) is 23.8. The van der Waals surface area contributed by atoms with Gasteiger partial charge >= 0.3 is 5.97 Å². The molecule has 0 bridgehead atoms. The molecule has 2 N–H and O–H groups in total. The second kappa shape index (κ2) is 7.43. The summed E-state index contributed by atoms with van der Waals surface area (Å²) < 4.78 is 10.4. The minimum atomic E-state index is -1.42. The number of rotatable bonds is 5. The third-order valence-corrected chi connectivity index (χ3v) is 3.97. The molecule has 0 aromatic heterocycles. The fourth-order valence-electron chi connectivity index (χ4n) is 2.44. The van der Waals surface area contributed by atoms with Crippen molar-refractivity contribution in [1.82, 2.24) is 0 Å². The molecule has 0 spiro atoms. The number of hydrogen-bond acceptors (Lipinski definition) is 6. The molecule has 0 amide bonds. The number of benzene rings is 2. The van der Waals surface area contributed by atoms with Gasteiger partial charge in [0, 0.05) is 10.7 Å². The molecule has 3 rings (SSSR count). The predicted octanol–water partition coefficient (Wildman–Crippen LogP) is 2.77. The largest absolute Gasteiger partial charge is 0.869 e. The van der Waals surface area contributed by atoms with Gasteiger partial charge in [-0.1, -0.05) is 29.8 Å². The van der Waals surface area contributed by atoms with Gasteiger partial charge in [-0.3, -0.25) is 4.79 Å². The molecule has 0 fully saturated rings. The van der Waals surface area contributed by atoms with Crippen molar-refractivity contribution < 1.29 is 29.3 Å². The van der Waals surface area contributed by atoms with Crippen molar-refractivity contribution in [3.63, 3.8) is 0 Å². The van der Waals surface area contributed by atoms with E-state index in [1.165, 1.54) is 25.3 Å². The highest BCUT2D eigenvalue weighted by atomic mass is 35.5. The van der Waals surface area contributed by atoms with Crippen LogP contribution in [-0.4, -0.2) is 24.0 Å². The van der Waals surface area contributed by atoms with Crippen LogP contribution in [0.1, 0.15) is 5.56 Å². The number of carbonyl (C=O) groups is 2. The molecule has 2 aromatic carbocycles. The van der Waals surface area contributed by atoms with E-state index in [-0.39, 0.29) is 22.4 Å². The van der Waals surface area contributed by atoms with Gasteiger partial charge in [-0.05, 0) is 41.7 Å². The summed E-state index contributed by atoms with van der Waals surface area (Å²) in [7, 11) is 1.31. The maximum Gasteiger partial charge on any atom is 0.345 e. The quantitative estimate of drug-likeness (QED) is 0.600. The Hall–Kier alpha value is -3.45. The molecule has 27 heavy (non-hydrogen) atoms. The molecule has 0 atom stereocenters. The van der Waals surface area contributed by atoms with Crippen LogP contribution in [0.4, 0.5) is 5.69 Å². The molecule has 7 nitrogen and oxygen atoms in total. The number of nitrogens with one attached hydrogen (secondary N) is 1. The van der Waals surface area contributed by atoms with Gasteiger partial charge in [-0.25, -0.2) is 4.79 Å². The number of aliphatic carboxylic acids is 1. The number of carboxylic acids is 1. The molecule has 0 unspecified atom stereocenters. The molecule has 1 aliphatic heterocycles. The number of anilines is 1. The fraction of sp³-hybridized carbons (Fsp3) is 0.0526. The van der Waals surface area contributed by atoms with Crippen LogP contribution in [0, 0.1) is 0 Å². The van der Waals surface area contributed by atoms with Crippen molar-refractivity contribution in [2.75, 3.05) is 12.4 Å². The Morgan fingerprint density at radius 3 is 2.63 bits per heavy atom. The first-order valence-corrected chi connectivity index (χ1v) is 8.07. The predicted molar refractivity (Wildman–Crippen MR) is 96.2 cm³/mol. The van der Waals surface area contributed by atoms with E-state index < -0.39 is 23.1 Å². The zero-order chi connectivity index (χ0) is 19.6. The monoisotopic (exact) mass is 386 g/mol. The Bertz CT molecular complexity index is 981. The summed E-state index contributed by atoms with van der Waals surface area (Å²) >= 11 is 5.87. The molecule has 1 heterocycles. The van der Waals surface area contributed by atoms with Crippen molar-refractivity contribution in [2.24, 2.45) is 0 Å². The van der Waals surface area contributed by atoms with Gasteiger partial charge in [0.05, 0.1) is 7.11 Å². The number of halogens is 1. The van der Waals surface area contributed by atoms with Gasteiger partial charge in [0.2, 0.25) is 11.7 Å². The number of carbonyl (C=O) groups excluding carboxylic acids is 1. The zero-order valence-corrected chi connectivity index (χ0v) is 14.7. The Labute approximate surface area is 159 Å². The van der Waals surface area contributed by atoms with E-state index in [9.17, 15) is 19.8 Å². The Morgan fingerprint density at radius 1 is 1.30 bits per heavy atom. The molecule has 8 heteroatoms. The van der Waals surface area contributed by atoms with Crippen LogP contribution < -0.4 is 15.2 Å². The van der Waals surface area contributed by atoms with Crippen molar-refractivity contribution in [3.8, 4) is 11.5 Å². The van der Waals surface area contributed by atoms with Crippen LogP contribution in [0.25, 0.3) is 6.08 Å². The smallest absolute Gasteiger partial charge is 0.345 e. The number of Topliss-reactive ketones (excluding diaryl/α,β-unsaturated/α-hetero) is 1. The molecule has 1 aliphatic rings. The molecule has 0 radical (unpaired) electrons. The van der Waals surface area contributed by atoms with E-state index in [1.807, 2.05) is 0 Å². The number of carboxylic acid groups (broad SMARTS) is 1. The van der Waals surface area contributed by atoms with Crippen LogP contribution in [0.2, 0.25) is 5.02 Å². The van der Waals surface area contributed by atoms with E-state index >= 15 is 0 Å². The third-order valence-electron chi connectivity index (χ3n) is 3.68. The van der Waals surface area contributed by atoms with E-state index in [0.29, 0.717) is 11.3 Å². The number of hydrogen-bond donors (Lipinski definition) is 2. The lowest BCUT2D eigenvalue weighted by Gasteiger charge is -2.15. The summed E-state index contributed by atoms with van der Waals surface area (Å²) in [6, 6.07) is 11.4. The maximum absolute atomic E-state index is 12.5. The van der Waals surface area contributed by atoms with Crippen LogP contribution in [-0.2, 0) is 14.3 Å². The number of ketones is 1. The van der Waals surface area contributed by atoms with E-state index in [1.54, 1.807) is 30.3 Å². The first kappa shape index (κ1) is 18.3. The standard InChI is InChI=1S/C19H14ClNO6/c1-26-13-8-10(7-12(20)16(13)22)9-14-17(23)15(19(24)25)18(27-14)21-11-5-3-2-4-6-11/h2-9,21-22H,1H3,(H,24,25)/p-1/b14-9-. The van der Waals surface area contributed by atoms with Crippen molar-refractivity contribution in [3.05, 3.63) is 70.3 Å². The molecule has 138 valence electrons. The summed E-state index contributed by atoms with van der Waals surface area (Å²) in [6.07, 6.45) is 1.29. The minimum absolute atomic E-state index is 0.00570. The second-order valence-corrected chi connectivity index (χ2v) is 5.88. The summed E-state index contributed by atoms with van der Waals surface area (Å²) in [6.45, 7) is 0. The maximum atomic E-state index is 12.5. The first-order chi connectivity index (χ1) is 12.9. The highest BCUT2D eigenvalue weighted by Gasteiger charge is 2.35. The van der Waals surface area contributed by atoms with Crippen molar-refractivity contribution >= 4 is 35.1 Å². The van der Waals surface area contributed by atoms with Crippen LogP contribution in [0.15, 0.2) is 59.7 Å². The first-order valence-electron chi connectivity index (χ1n) is 7.69. The Morgan fingerprint density at radius 2 is 2.00 bits per heavy atom. The van der Waals surface area contributed by atoms with Gasteiger partial charge in [0.15, 0.2) is 11.3 Å². The van der Waals surface area contributed by atoms with Crippen LogP contribution in [0.3, 0.4) is 0 Å². The third kappa shape index (κ3) is 3.73. The van der Waals surface area contributed by atoms with Crippen LogP contribution in [0.5, 0.6) is 11.5 Å². The van der Waals surface area contributed by atoms with Gasteiger partial charge in [0.1, 0.15) is 5.75 Å². The zero-order valence-electron chi connectivity index (χ0n) is 14.0. The van der Waals surface area contributed by atoms with Gasteiger partial charge < -0.3 is 25.0 Å². The van der Waals surface area contributed by atoms with Gasteiger partial charge in [0.25, 0.3) is 0 Å². The normalized spacial score (nSPS) is 15.0. The molecular formula is C19H13ClNO6-. The lowest BCUT2D eigenvalue weighted by Crippen LogP contribution is -2.12. The molecule has 0 saturated heterocycles. The highest BCUT2D eigenvalue weighted by Crippen LogP contribution is 2.34. The highest BCUT2D eigenvalue weighted by molar-refractivity contribution is 6.32. The van der Waals surface area contributed by atoms with Crippen molar-refractivity contribution in [2.45, 2.75) is 0 Å².